The summed E-state index contributed by atoms with van der Waals surface area (Å²) >= 11 is 4.24. The Bertz CT molecular complexity index is 621. The van der Waals surface area contributed by atoms with Crippen molar-refractivity contribution in [3.05, 3.63) is 14.7 Å². The zero-order valence-corrected chi connectivity index (χ0v) is 14.7. The van der Waals surface area contributed by atoms with E-state index in [1.807, 2.05) is 0 Å². The molecule has 0 radical (unpaired) electrons. The second kappa shape index (κ2) is 6.74. The van der Waals surface area contributed by atoms with Gasteiger partial charge in [-0.15, -0.1) is 11.3 Å². The molecule has 6 nitrogen and oxygen atoms in total. The van der Waals surface area contributed by atoms with Crippen LogP contribution in [0.4, 0.5) is 0 Å². The van der Waals surface area contributed by atoms with E-state index in [9.17, 15) is 13.2 Å². The predicted octanol–water partition coefficient (Wildman–Crippen LogP) is 1.85. The van der Waals surface area contributed by atoms with Crippen LogP contribution in [-0.4, -0.2) is 33.6 Å². The Hall–Kier alpha value is -0.480. The van der Waals surface area contributed by atoms with Gasteiger partial charge < -0.3 is 10.5 Å². The van der Waals surface area contributed by atoms with Crippen molar-refractivity contribution in [2.24, 2.45) is 5.73 Å². The van der Waals surface area contributed by atoms with Crippen molar-refractivity contribution in [3.63, 3.8) is 0 Å². The first-order chi connectivity index (χ1) is 9.83. The van der Waals surface area contributed by atoms with E-state index in [4.69, 9.17) is 5.73 Å². The second-order valence-corrected chi connectivity index (χ2v) is 9.03. The fourth-order valence-corrected chi connectivity index (χ4v) is 6.04. The molecule has 0 atom stereocenters. The van der Waals surface area contributed by atoms with Crippen LogP contribution in [0.2, 0.25) is 0 Å². The summed E-state index contributed by atoms with van der Waals surface area (Å²) < 4.78 is 32.5. The Morgan fingerprint density at radius 2 is 2.05 bits per heavy atom. The molecule has 1 fully saturated rings. The minimum absolute atomic E-state index is 0.0720. The van der Waals surface area contributed by atoms with Gasteiger partial charge in [-0.25, -0.2) is 17.9 Å². The van der Waals surface area contributed by atoms with Gasteiger partial charge in [-0.3, -0.25) is 0 Å². The topological polar surface area (TPSA) is 98.5 Å². The van der Waals surface area contributed by atoms with Gasteiger partial charge in [0.05, 0.1) is 10.9 Å². The van der Waals surface area contributed by atoms with Crippen LogP contribution in [0.5, 0.6) is 0 Å². The molecule has 1 heterocycles. The predicted molar refractivity (Wildman–Crippen MR) is 83.9 cm³/mol. The number of carbonyl (C=O) groups excluding carboxylic acids is 1. The van der Waals surface area contributed by atoms with Crippen molar-refractivity contribution >= 4 is 43.3 Å². The fraction of sp³-hybridized carbons (Fsp3) is 0.583. The van der Waals surface area contributed by atoms with Crippen molar-refractivity contribution in [2.75, 3.05) is 7.11 Å². The summed E-state index contributed by atoms with van der Waals surface area (Å²) in [5.41, 5.74) is 5.81. The van der Waals surface area contributed by atoms with Gasteiger partial charge in [0.1, 0.15) is 9.77 Å². The molecule has 0 unspecified atom stereocenters. The lowest BCUT2D eigenvalue weighted by Gasteiger charge is -2.26. The van der Waals surface area contributed by atoms with Gasteiger partial charge >= 0.3 is 5.97 Å². The molecule has 0 aromatic carbocycles. The van der Waals surface area contributed by atoms with Crippen molar-refractivity contribution in [3.8, 4) is 0 Å². The molecular formula is C12H17BrN2O4S2. The molecule has 0 amide bonds. The fourth-order valence-electron chi connectivity index (χ4n) is 2.26. The molecule has 0 bridgehead atoms. The average molecular weight is 397 g/mol. The highest BCUT2D eigenvalue weighted by atomic mass is 79.9. The second-order valence-electron chi connectivity index (χ2n) is 4.97. The summed E-state index contributed by atoms with van der Waals surface area (Å²) in [6.07, 6.45) is 3.08. The molecular weight excluding hydrogens is 380 g/mol. The largest absolute Gasteiger partial charge is 0.465 e. The number of rotatable bonds is 4. The standard InChI is InChI=1S/C12H17BrN2O4S2/c1-19-12(16)9-6-10(11(13)20-9)21(17,18)15-8-4-2-7(14)3-5-8/h6-8,15H,2-5,14H2,1H3. The van der Waals surface area contributed by atoms with E-state index in [2.05, 4.69) is 25.4 Å². The molecule has 1 aromatic heterocycles. The number of carbonyl (C=O) groups is 1. The lowest BCUT2D eigenvalue weighted by molar-refractivity contribution is 0.0606. The Kier molecular flexibility index (Phi) is 5.42. The highest BCUT2D eigenvalue weighted by Gasteiger charge is 2.28. The van der Waals surface area contributed by atoms with Gasteiger partial charge in [0, 0.05) is 12.1 Å². The Morgan fingerprint density at radius 3 is 2.62 bits per heavy atom. The van der Waals surface area contributed by atoms with Crippen LogP contribution in [-0.2, 0) is 14.8 Å². The summed E-state index contributed by atoms with van der Waals surface area (Å²) in [5.74, 6) is -0.550. The lowest BCUT2D eigenvalue weighted by atomic mass is 9.93. The number of nitrogens with two attached hydrogens (primary N) is 1. The average Bonchev–Trinajstić information content (AvgIpc) is 2.83. The third-order valence-electron chi connectivity index (χ3n) is 3.43. The van der Waals surface area contributed by atoms with Crippen LogP contribution < -0.4 is 10.5 Å². The third-order valence-corrected chi connectivity index (χ3v) is 7.18. The Balaban J connectivity index is 2.16. The molecule has 1 aliphatic rings. The van der Waals surface area contributed by atoms with E-state index in [1.165, 1.54) is 13.2 Å². The summed E-state index contributed by atoms with van der Waals surface area (Å²) in [6, 6.07) is 1.38. The molecule has 0 spiro atoms. The monoisotopic (exact) mass is 396 g/mol. The maximum Gasteiger partial charge on any atom is 0.348 e. The maximum absolute atomic E-state index is 12.4. The molecule has 21 heavy (non-hydrogen) atoms. The molecule has 0 aliphatic heterocycles. The van der Waals surface area contributed by atoms with Crippen molar-refractivity contribution < 1.29 is 17.9 Å². The number of nitrogens with one attached hydrogen (secondary N) is 1. The quantitative estimate of drug-likeness (QED) is 0.756. The first kappa shape index (κ1) is 16.9. The number of ether oxygens (including phenoxy) is 1. The van der Waals surface area contributed by atoms with E-state index < -0.39 is 16.0 Å². The first-order valence-corrected chi connectivity index (χ1v) is 9.58. The SMILES string of the molecule is COC(=O)c1cc(S(=O)(=O)NC2CCC(N)CC2)c(Br)s1. The normalized spacial score (nSPS) is 23.0. The van der Waals surface area contributed by atoms with Gasteiger partial charge in [-0.1, -0.05) is 0 Å². The first-order valence-electron chi connectivity index (χ1n) is 6.49. The highest BCUT2D eigenvalue weighted by Crippen LogP contribution is 2.32. The number of methoxy groups -OCH3 is 1. The van der Waals surface area contributed by atoms with Crippen molar-refractivity contribution in [2.45, 2.75) is 42.7 Å². The van der Waals surface area contributed by atoms with Gasteiger partial charge in [-0.2, -0.15) is 0 Å². The summed E-state index contributed by atoms with van der Waals surface area (Å²) in [6.45, 7) is 0. The van der Waals surface area contributed by atoms with Crippen LogP contribution in [0.3, 0.4) is 0 Å². The summed E-state index contributed by atoms with van der Waals surface area (Å²) in [7, 11) is -2.41. The molecule has 1 saturated carbocycles. The zero-order valence-electron chi connectivity index (χ0n) is 11.5. The molecule has 1 aromatic rings. The molecule has 1 aliphatic carbocycles. The minimum Gasteiger partial charge on any atom is -0.465 e. The van der Waals surface area contributed by atoms with E-state index in [1.54, 1.807) is 0 Å². The number of hydrogen-bond acceptors (Lipinski definition) is 6. The van der Waals surface area contributed by atoms with Crippen LogP contribution in [0.25, 0.3) is 0 Å². The van der Waals surface area contributed by atoms with Crippen LogP contribution in [0.1, 0.15) is 35.4 Å². The smallest absolute Gasteiger partial charge is 0.348 e. The maximum atomic E-state index is 12.4. The van der Waals surface area contributed by atoms with E-state index in [0.29, 0.717) is 3.79 Å². The Morgan fingerprint density at radius 1 is 1.43 bits per heavy atom. The molecule has 118 valence electrons. The lowest BCUT2D eigenvalue weighted by Crippen LogP contribution is -2.40. The number of sulfonamides is 1. The van der Waals surface area contributed by atoms with Crippen LogP contribution >= 0.6 is 27.3 Å². The van der Waals surface area contributed by atoms with Crippen molar-refractivity contribution in [1.29, 1.82) is 0 Å². The highest BCUT2D eigenvalue weighted by molar-refractivity contribution is 9.11. The Labute approximate surface area is 136 Å². The van der Waals surface area contributed by atoms with Gasteiger partial charge in [0.15, 0.2) is 0 Å². The molecule has 3 N–H and O–H groups in total. The van der Waals surface area contributed by atoms with Crippen molar-refractivity contribution in [1.82, 2.24) is 4.72 Å². The summed E-state index contributed by atoms with van der Waals surface area (Å²) in [4.78, 5) is 11.8. The van der Waals surface area contributed by atoms with Gasteiger partial charge in [0.25, 0.3) is 0 Å². The number of hydrogen-bond donors (Lipinski definition) is 2. The minimum atomic E-state index is -3.66. The third kappa shape index (κ3) is 4.04. The van der Waals surface area contributed by atoms with Crippen LogP contribution in [0, 0.1) is 0 Å². The van der Waals surface area contributed by atoms with Gasteiger partial charge in [-0.05, 0) is 47.7 Å². The number of esters is 1. The number of thiophene rings is 1. The summed E-state index contributed by atoms with van der Waals surface area (Å²) in [5, 5.41) is 0. The molecule has 0 saturated heterocycles. The molecule has 2 rings (SSSR count). The van der Waals surface area contributed by atoms with E-state index in [-0.39, 0.29) is 21.9 Å². The zero-order chi connectivity index (χ0) is 15.6. The van der Waals surface area contributed by atoms with E-state index in [0.717, 1.165) is 37.0 Å². The van der Waals surface area contributed by atoms with E-state index >= 15 is 0 Å². The molecule has 9 heteroatoms. The van der Waals surface area contributed by atoms with Gasteiger partial charge in [0.2, 0.25) is 10.0 Å². The number of halogens is 1. The van der Waals surface area contributed by atoms with Crippen LogP contribution in [0.15, 0.2) is 14.7 Å².